The quantitative estimate of drug-likeness (QED) is 0.205. The van der Waals surface area contributed by atoms with Crippen LogP contribution in [0.4, 0.5) is 11.4 Å². The first-order valence-electron chi connectivity index (χ1n) is 6.96. The smallest absolute Gasteiger partial charge is 0.345 e. The standard InChI is InChI=1S/C15H18N2O6/c1-4-22-14(18)12(15(19)23-5-2)8-10-6-7-11(16-3)9-13(10)17(20)21/h6-9,16H,4-5H2,1-3H3. The second-order valence-electron chi connectivity index (χ2n) is 4.28. The Morgan fingerprint density at radius 2 is 1.78 bits per heavy atom. The normalized spacial score (nSPS) is 9.70. The zero-order valence-electron chi connectivity index (χ0n) is 13.1. The Hall–Kier alpha value is -2.90. The van der Waals surface area contributed by atoms with Gasteiger partial charge in [-0.1, -0.05) is 0 Å². The van der Waals surface area contributed by atoms with Gasteiger partial charge >= 0.3 is 11.9 Å². The predicted octanol–water partition coefficient (Wildman–Crippen LogP) is 2.15. The van der Waals surface area contributed by atoms with Gasteiger partial charge in [-0.2, -0.15) is 0 Å². The molecular formula is C15H18N2O6. The number of hydrogen-bond donors (Lipinski definition) is 1. The van der Waals surface area contributed by atoms with E-state index in [1.807, 2.05) is 0 Å². The Bertz CT molecular complexity index is 619. The first kappa shape index (κ1) is 18.1. The second kappa shape index (κ2) is 8.52. The van der Waals surface area contributed by atoms with Gasteiger partial charge in [0.2, 0.25) is 0 Å². The topological polar surface area (TPSA) is 108 Å². The average Bonchev–Trinajstić information content (AvgIpc) is 2.52. The molecule has 0 aliphatic carbocycles. The van der Waals surface area contributed by atoms with Gasteiger partial charge in [0.25, 0.3) is 5.69 Å². The van der Waals surface area contributed by atoms with Crippen LogP contribution in [0.2, 0.25) is 0 Å². The van der Waals surface area contributed by atoms with Gasteiger partial charge in [-0.15, -0.1) is 0 Å². The third-order valence-electron chi connectivity index (χ3n) is 2.81. The molecule has 8 nitrogen and oxygen atoms in total. The van der Waals surface area contributed by atoms with E-state index in [0.29, 0.717) is 5.69 Å². The number of ether oxygens (including phenoxy) is 2. The van der Waals surface area contributed by atoms with E-state index >= 15 is 0 Å². The number of benzene rings is 1. The molecule has 1 N–H and O–H groups in total. The van der Waals surface area contributed by atoms with Gasteiger partial charge < -0.3 is 14.8 Å². The van der Waals surface area contributed by atoms with Crippen molar-refractivity contribution in [2.45, 2.75) is 13.8 Å². The van der Waals surface area contributed by atoms with E-state index in [0.717, 1.165) is 6.08 Å². The number of carbonyl (C=O) groups is 2. The van der Waals surface area contributed by atoms with E-state index in [-0.39, 0.29) is 24.5 Å². The van der Waals surface area contributed by atoms with Crippen molar-refractivity contribution in [3.05, 3.63) is 39.4 Å². The minimum atomic E-state index is -0.891. The molecule has 0 saturated heterocycles. The predicted molar refractivity (Wildman–Crippen MR) is 83.9 cm³/mol. The molecule has 0 aromatic heterocycles. The molecule has 0 saturated carbocycles. The molecule has 1 aromatic rings. The Morgan fingerprint density at radius 1 is 1.22 bits per heavy atom. The summed E-state index contributed by atoms with van der Waals surface area (Å²) in [5, 5.41) is 14.0. The van der Waals surface area contributed by atoms with Gasteiger partial charge in [-0.25, -0.2) is 9.59 Å². The summed E-state index contributed by atoms with van der Waals surface area (Å²) < 4.78 is 9.60. The van der Waals surface area contributed by atoms with Gasteiger partial charge in [0.15, 0.2) is 0 Å². The molecule has 124 valence electrons. The largest absolute Gasteiger partial charge is 0.462 e. The SMILES string of the molecule is CCOC(=O)C(=Cc1ccc(NC)cc1[N+](=O)[O-])C(=O)OCC. The van der Waals surface area contributed by atoms with Crippen molar-refractivity contribution in [3.63, 3.8) is 0 Å². The van der Waals surface area contributed by atoms with E-state index in [1.165, 1.54) is 12.1 Å². The Kier molecular flexibility index (Phi) is 6.72. The fourth-order valence-corrected chi connectivity index (χ4v) is 1.75. The van der Waals surface area contributed by atoms with Crippen LogP contribution in [-0.4, -0.2) is 37.1 Å². The minimum absolute atomic E-state index is 0.0658. The monoisotopic (exact) mass is 322 g/mol. The maximum Gasteiger partial charge on any atom is 0.345 e. The molecule has 0 radical (unpaired) electrons. The van der Waals surface area contributed by atoms with E-state index < -0.39 is 22.4 Å². The number of nitrogens with zero attached hydrogens (tertiary/aromatic N) is 1. The van der Waals surface area contributed by atoms with Crippen molar-refractivity contribution in [2.75, 3.05) is 25.6 Å². The van der Waals surface area contributed by atoms with Crippen LogP contribution < -0.4 is 5.32 Å². The molecule has 0 spiro atoms. The summed E-state index contributed by atoms with van der Waals surface area (Å²) in [5.41, 5.74) is -0.00951. The van der Waals surface area contributed by atoms with Crippen molar-refractivity contribution in [1.29, 1.82) is 0 Å². The number of esters is 2. The Labute approximate surface area is 133 Å². The van der Waals surface area contributed by atoms with Gasteiger partial charge in [-0.3, -0.25) is 10.1 Å². The van der Waals surface area contributed by atoms with Crippen molar-refractivity contribution in [3.8, 4) is 0 Å². The number of nitro groups is 1. The Balaban J connectivity index is 3.37. The number of nitrogens with one attached hydrogen (secondary N) is 1. The molecule has 1 aromatic carbocycles. The highest BCUT2D eigenvalue weighted by molar-refractivity contribution is 6.18. The highest BCUT2D eigenvalue weighted by atomic mass is 16.6. The van der Waals surface area contributed by atoms with Crippen LogP contribution in [0.1, 0.15) is 19.4 Å². The maximum absolute atomic E-state index is 11.9. The van der Waals surface area contributed by atoms with Crippen molar-refractivity contribution in [2.24, 2.45) is 0 Å². The summed E-state index contributed by atoms with van der Waals surface area (Å²) in [5.74, 6) is -1.78. The third kappa shape index (κ3) is 4.80. The zero-order chi connectivity index (χ0) is 17.4. The lowest BCUT2D eigenvalue weighted by atomic mass is 10.1. The van der Waals surface area contributed by atoms with Crippen molar-refractivity contribution < 1.29 is 24.0 Å². The van der Waals surface area contributed by atoms with Gasteiger partial charge in [0.05, 0.1) is 23.7 Å². The molecule has 0 bridgehead atoms. The number of rotatable bonds is 7. The number of carbonyl (C=O) groups excluding carboxylic acids is 2. The molecule has 0 amide bonds. The van der Waals surface area contributed by atoms with Crippen LogP contribution in [0.15, 0.2) is 23.8 Å². The molecule has 8 heteroatoms. The lowest BCUT2D eigenvalue weighted by Crippen LogP contribution is -2.18. The first-order chi connectivity index (χ1) is 10.9. The fourth-order valence-electron chi connectivity index (χ4n) is 1.75. The second-order valence-corrected chi connectivity index (χ2v) is 4.28. The Morgan fingerprint density at radius 3 is 2.22 bits per heavy atom. The first-order valence-corrected chi connectivity index (χ1v) is 6.96. The van der Waals surface area contributed by atoms with Gasteiger partial charge in [0, 0.05) is 18.8 Å². The van der Waals surface area contributed by atoms with E-state index in [4.69, 9.17) is 9.47 Å². The molecular weight excluding hydrogens is 304 g/mol. The summed E-state index contributed by atoms with van der Waals surface area (Å²) in [6.07, 6.45) is 1.10. The molecule has 1 rings (SSSR count). The van der Waals surface area contributed by atoms with E-state index in [2.05, 4.69) is 5.32 Å². The van der Waals surface area contributed by atoms with Gasteiger partial charge in [-0.05, 0) is 32.1 Å². The third-order valence-corrected chi connectivity index (χ3v) is 2.81. The van der Waals surface area contributed by atoms with Crippen LogP contribution in [0.5, 0.6) is 0 Å². The lowest BCUT2D eigenvalue weighted by molar-refractivity contribution is -0.385. The molecule has 0 unspecified atom stereocenters. The highest BCUT2D eigenvalue weighted by Crippen LogP contribution is 2.25. The molecule has 0 atom stereocenters. The molecule has 0 fully saturated rings. The van der Waals surface area contributed by atoms with Crippen LogP contribution in [0.25, 0.3) is 6.08 Å². The van der Waals surface area contributed by atoms with Crippen LogP contribution in [-0.2, 0) is 19.1 Å². The number of nitro benzene ring substituents is 1. The zero-order valence-corrected chi connectivity index (χ0v) is 13.1. The minimum Gasteiger partial charge on any atom is -0.462 e. The summed E-state index contributed by atoms with van der Waals surface area (Å²) in [6.45, 7) is 3.31. The average molecular weight is 322 g/mol. The van der Waals surface area contributed by atoms with Crippen molar-refractivity contribution in [1.82, 2.24) is 0 Å². The molecule has 0 aliphatic rings. The van der Waals surface area contributed by atoms with Crippen molar-refractivity contribution >= 4 is 29.4 Å². The van der Waals surface area contributed by atoms with E-state index in [1.54, 1.807) is 27.0 Å². The lowest BCUT2D eigenvalue weighted by Gasteiger charge is -2.07. The van der Waals surface area contributed by atoms with E-state index in [9.17, 15) is 19.7 Å². The molecule has 0 heterocycles. The molecule has 23 heavy (non-hydrogen) atoms. The summed E-state index contributed by atoms with van der Waals surface area (Å²) in [4.78, 5) is 34.4. The number of anilines is 1. The summed E-state index contributed by atoms with van der Waals surface area (Å²) in [7, 11) is 1.62. The van der Waals surface area contributed by atoms with Crippen LogP contribution in [0, 0.1) is 10.1 Å². The summed E-state index contributed by atoms with van der Waals surface area (Å²) in [6, 6.07) is 4.33. The van der Waals surface area contributed by atoms with Crippen LogP contribution in [0.3, 0.4) is 0 Å². The summed E-state index contributed by atoms with van der Waals surface area (Å²) >= 11 is 0. The number of hydrogen-bond acceptors (Lipinski definition) is 7. The van der Waals surface area contributed by atoms with Gasteiger partial charge in [0.1, 0.15) is 5.57 Å². The fraction of sp³-hybridized carbons (Fsp3) is 0.333. The van der Waals surface area contributed by atoms with Crippen LogP contribution >= 0.6 is 0 Å². The maximum atomic E-state index is 11.9. The highest BCUT2D eigenvalue weighted by Gasteiger charge is 2.23. The molecule has 0 aliphatic heterocycles.